The van der Waals surface area contributed by atoms with Crippen LogP contribution in [0.15, 0.2) is 18.2 Å². The number of hydrogen-bond donors (Lipinski definition) is 1. The molecule has 0 aromatic heterocycles. The van der Waals surface area contributed by atoms with Gasteiger partial charge in [0.05, 0.1) is 6.61 Å². The fraction of sp³-hybridized carbons (Fsp3) is 0.619. The first-order valence-corrected chi connectivity index (χ1v) is 9.66. The Hall–Kier alpha value is -1.74. The molecule has 2 saturated heterocycles. The monoisotopic (exact) mass is 358 g/mol. The molecule has 142 valence electrons. The quantitative estimate of drug-likeness (QED) is 0.722. The van der Waals surface area contributed by atoms with E-state index in [4.69, 9.17) is 15.9 Å². The van der Waals surface area contributed by atoms with Crippen LogP contribution in [0, 0.1) is 12.3 Å². The summed E-state index contributed by atoms with van der Waals surface area (Å²) in [7, 11) is 0. The molecule has 1 aromatic rings. The Morgan fingerprint density at radius 3 is 2.92 bits per heavy atom. The first kappa shape index (κ1) is 19.0. The lowest BCUT2D eigenvalue weighted by Gasteiger charge is -2.43. The number of nitrogens with zero attached hydrogens (tertiary/aromatic N) is 2. The first-order valence-electron chi connectivity index (χ1n) is 9.66. The Morgan fingerprint density at radius 1 is 1.27 bits per heavy atom. The lowest BCUT2D eigenvalue weighted by atomic mass is 10.0. The van der Waals surface area contributed by atoms with Crippen molar-refractivity contribution in [2.45, 2.75) is 44.8 Å². The van der Waals surface area contributed by atoms with Crippen molar-refractivity contribution in [3.63, 3.8) is 0 Å². The van der Waals surface area contributed by atoms with Crippen molar-refractivity contribution in [2.24, 2.45) is 0 Å². The summed E-state index contributed by atoms with van der Waals surface area (Å²) in [5, 5.41) is 9.48. The average Bonchev–Trinajstić information content (AvgIpc) is 3.09. The van der Waals surface area contributed by atoms with Gasteiger partial charge in [0.15, 0.2) is 11.5 Å². The van der Waals surface area contributed by atoms with Crippen molar-refractivity contribution in [1.29, 1.82) is 0 Å². The smallest absolute Gasteiger partial charge is 0.162 e. The van der Waals surface area contributed by atoms with Gasteiger partial charge in [-0.3, -0.25) is 9.80 Å². The molecule has 2 aliphatic heterocycles. The van der Waals surface area contributed by atoms with E-state index in [-0.39, 0.29) is 13.2 Å². The minimum atomic E-state index is 0.238. The summed E-state index contributed by atoms with van der Waals surface area (Å²) >= 11 is 0. The summed E-state index contributed by atoms with van der Waals surface area (Å²) in [4.78, 5) is 5.12. The van der Waals surface area contributed by atoms with E-state index in [0.717, 1.165) is 31.8 Å². The van der Waals surface area contributed by atoms with Crippen molar-refractivity contribution >= 4 is 0 Å². The van der Waals surface area contributed by atoms with E-state index in [1.54, 1.807) is 0 Å². The lowest BCUT2D eigenvalue weighted by Crippen LogP contribution is -2.55. The van der Waals surface area contributed by atoms with Gasteiger partial charge >= 0.3 is 0 Å². The van der Waals surface area contributed by atoms with Gasteiger partial charge in [-0.05, 0) is 50.4 Å². The molecule has 2 aliphatic rings. The van der Waals surface area contributed by atoms with E-state index < -0.39 is 0 Å². The molecule has 5 nitrogen and oxygen atoms in total. The predicted molar refractivity (Wildman–Crippen MR) is 102 cm³/mol. The number of benzene rings is 1. The Balaban J connectivity index is 1.73. The molecule has 2 heterocycles. The van der Waals surface area contributed by atoms with Crippen LogP contribution in [-0.2, 0) is 6.54 Å². The van der Waals surface area contributed by atoms with Crippen molar-refractivity contribution in [1.82, 2.24) is 9.80 Å². The van der Waals surface area contributed by atoms with Crippen LogP contribution in [0.2, 0.25) is 0 Å². The highest BCUT2D eigenvalue weighted by atomic mass is 16.5. The topological polar surface area (TPSA) is 45.2 Å². The van der Waals surface area contributed by atoms with Crippen molar-refractivity contribution in [3.8, 4) is 23.8 Å². The second-order valence-electron chi connectivity index (χ2n) is 7.09. The Labute approximate surface area is 156 Å². The standard InChI is InChI=1S/C21H30N2O3/c1-3-12-26-20-8-7-17(13-21(20)25-4-2)14-23-16-18-6-5-10-22(18)15-19(23)9-11-24/h1,7-8,13,18-19,24H,4-6,9-12,14-16H2,2H3/t18-,19+/m1/s1. The van der Waals surface area contributed by atoms with Crippen LogP contribution in [0.3, 0.4) is 0 Å². The van der Waals surface area contributed by atoms with Gasteiger partial charge < -0.3 is 14.6 Å². The highest BCUT2D eigenvalue weighted by Crippen LogP contribution is 2.31. The van der Waals surface area contributed by atoms with Gasteiger partial charge in [0.1, 0.15) is 6.61 Å². The first-order chi connectivity index (χ1) is 12.7. The molecule has 0 aliphatic carbocycles. The summed E-state index contributed by atoms with van der Waals surface area (Å²) < 4.78 is 11.3. The fourth-order valence-electron chi connectivity index (χ4n) is 4.16. The van der Waals surface area contributed by atoms with Crippen LogP contribution < -0.4 is 9.47 Å². The molecule has 5 heteroatoms. The number of terminal acetylenes is 1. The van der Waals surface area contributed by atoms with Crippen molar-refractivity contribution < 1.29 is 14.6 Å². The molecule has 0 saturated carbocycles. The summed E-state index contributed by atoms with van der Waals surface area (Å²) in [6, 6.07) is 7.17. The summed E-state index contributed by atoms with van der Waals surface area (Å²) in [6.07, 6.45) is 8.69. The molecular weight excluding hydrogens is 328 g/mol. The van der Waals surface area contributed by atoms with Crippen LogP contribution in [0.1, 0.15) is 31.7 Å². The van der Waals surface area contributed by atoms with Gasteiger partial charge in [0.2, 0.25) is 0 Å². The molecule has 0 radical (unpaired) electrons. The molecule has 0 unspecified atom stereocenters. The Morgan fingerprint density at radius 2 is 2.15 bits per heavy atom. The molecule has 2 atom stereocenters. The Kier molecular flexibility index (Phi) is 6.79. The van der Waals surface area contributed by atoms with Gasteiger partial charge in [-0.1, -0.05) is 12.0 Å². The fourth-order valence-corrected chi connectivity index (χ4v) is 4.16. The van der Waals surface area contributed by atoms with Gasteiger partial charge in [0.25, 0.3) is 0 Å². The number of ether oxygens (including phenoxy) is 2. The summed E-state index contributed by atoms with van der Waals surface area (Å²) in [5.74, 6) is 3.94. The number of rotatable bonds is 8. The normalized spacial score (nSPS) is 23.4. The summed E-state index contributed by atoms with van der Waals surface area (Å²) in [6.45, 7) is 7.24. The van der Waals surface area contributed by atoms with Gasteiger partial charge in [-0.2, -0.15) is 0 Å². The molecule has 0 bridgehead atoms. The minimum Gasteiger partial charge on any atom is -0.490 e. The number of aliphatic hydroxyl groups is 1. The lowest BCUT2D eigenvalue weighted by molar-refractivity contribution is 0.0333. The third-order valence-corrected chi connectivity index (χ3v) is 5.37. The summed E-state index contributed by atoms with van der Waals surface area (Å²) in [5.41, 5.74) is 1.20. The molecule has 0 amide bonds. The van der Waals surface area contributed by atoms with Crippen LogP contribution >= 0.6 is 0 Å². The van der Waals surface area contributed by atoms with E-state index in [1.165, 1.54) is 24.9 Å². The maximum Gasteiger partial charge on any atom is 0.162 e. The van der Waals surface area contributed by atoms with Crippen LogP contribution in [0.25, 0.3) is 0 Å². The second-order valence-corrected chi connectivity index (χ2v) is 7.09. The number of aliphatic hydroxyl groups excluding tert-OH is 1. The molecule has 2 fully saturated rings. The van der Waals surface area contributed by atoms with Gasteiger partial charge in [0, 0.05) is 38.3 Å². The van der Waals surface area contributed by atoms with Crippen LogP contribution in [0.4, 0.5) is 0 Å². The largest absolute Gasteiger partial charge is 0.490 e. The number of hydrogen-bond acceptors (Lipinski definition) is 5. The van der Waals surface area contributed by atoms with E-state index in [2.05, 4.69) is 27.9 Å². The zero-order valence-electron chi connectivity index (χ0n) is 15.7. The molecule has 3 rings (SSSR count). The highest BCUT2D eigenvalue weighted by molar-refractivity contribution is 5.43. The van der Waals surface area contributed by atoms with Gasteiger partial charge in [-0.15, -0.1) is 6.42 Å². The minimum absolute atomic E-state index is 0.238. The average molecular weight is 358 g/mol. The van der Waals surface area contributed by atoms with Crippen LogP contribution in [-0.4, -0.2) is 66.4 Å². The SMILES string of the molecule is C#CCOc1ccc(CN2C[C@H]3CCCN3C[C@@H]2CCO)cc1OCC. The molecule has 1 N–H and O–H groups in total. The second kappa shape index (κ2) is 9.27. The van der Waals surface area contributed by atoms with Gasteiger partial charge in [-0.25, -0.2) is 0 Å². The number of piperazine rings is 1. The molecule has 26 heavy (non-hydrogen) atoms. The third-order valence-electron chi connectivity index (χ3n) is 5.37. The molecule has 1 aromatic carbocycles. The predicted octanol–water partition coefficient (Wildman–Crippen LogP) is 2.13. The maximum atomic E-state index is 9.48. The van der Waals surface area contributed by atoms with E-state index in [9.17, 15) is 5.11 Å². The van der Waals surface area contributed by atoms with Crippen molar-refractivity contribution in [3.05, 3.63) is 23.8 Å². The highest BCUT2D eigenvalue weighted by Gasteiger charge is 2.35. The zero-order chi connectivity index (χ0) is 18.4. The zero-order valence-corrected chi connectivity index (χ0v) is 15.7. The maximum absolute atomic E-state index is 9.48. The van der Waals surface area contributed by atoms with E-state index in [0.29, 0.717) is 24.4 Å². The molecule has 0 spiro atoms. The van der Waals surface area contributed by atoms with E-state index >= 15 is 0 Å². The number of fused-ring (bicyclic) bond motifs is 1. The van der Waals surface area contributed by atoms with E-state index in [1.807, 2.05) is 13.0 Å². The van der Waals surface area contributed by atoms with Crippen molar-refractivity contribution in [2.75, 3.05) is 39.5 Å². The molecular formula is C21H30N2O3. The third kappa shape index (κ3) is 4.50. The Bertz CT molecular complexity index is 628. The van der Waals surface area contributed by atoms with Crippen LogP contribution in [0.5, 0.6) is 11.5 Å².